The Kier molecular flexibility index (Phi) is 3.66. The van der Waals surface area contributed by atoms with E-state index >= 15 is 0 Å². The second-order valence-corrected chi connectivity index (χ2v) is 3.02. The second-order valence-electron chi connectivity index (χ2n) is 3.02. The predicted octanol–water partition coefficient (Wildman–Crippen LogP) is 1.66. The number of nitrogens with two attached hydrogens (primary N) is 1. The molecule has 0 aliphatic carbocycles. The first kappa shape index (κ1) is 12.9. The van der Waals surface area contributed by atoms with Gasteiger partial charge in [-0.25, -0.2) is 9.82 Å². The fourth-order valence-corrected chi connectivity index (χ4v) is 1.02. The largest absolute Gasteiger partial charge is 0.419 e. The molecule has 4 N–H and O–H groups in total. The Bertz CT molecular complexity index is 453. The summed E-state index contributed by atoms with van der Waals surface area (Å²) < 4.78 is 49.7. The maximum atomic E-state index is 13.1. The molecule has 0 aliphatic heterocycles. The molecule has 0 atom stereocenters. The van der Waals surface area contributed by atoms with Crippen LogP contribution in [0.2, 0.25) is 0 Å². The molecular weight excluding hydrogens is 240 g/mol. The smallest absolute Gasteiger partial charge is 0.369 e. The van der Waals surface area contributed by atoms with Crippen LogP contribution in [0.15, 0.2) is 23.3 Å². The van der Waals surface area contributed by atoms with E-state index in [1.54, 1.807) is 0 Å². The lowest BCUT2D eigenvalue weighted by Crippen LogP contribution is -2.25. The monoisotopic (exact) mass is 248 g/mol. The molecule has 0 fully saturated rings. The average molecular weight is 248 g/mol. The van der Waals surface area contributed by atoms with Gasteiger partial charge in [-0.05, 0) is 17.7 Å². The van der Waals surface area contributed by atoms with Gasteiger partial charge >= 0.3 is 6.18 Å². The minimum absolute atomic E-state index is 0.115. The Labute approximate surface area is 93.6 Å². The molecule has 1 rings (SSSR count). The number of guanidine groups is 1. The van der Waals surface area contributed by atoms with Crippen molar-refractivity contribution < 1.29 is 17.6 Å². The standard InChI is InChI=1S/C9H8F4N4/c10-7-3-5(4-16-17-8(14)15)1-2-6(7)9(11,12)13/h1-4H,(H4,14,15,17). The number of hydrogen-bond acceptors (Lipinski definition) is 2. The van der Waals surface area contributed by atoms with Crippen LogP contribution in [0.1, 0.15) is 11.1 Å². The van der Waals surface area contributed by atoms with Crippen LogP contribution in [-0.4, -0.2) is 12.2 Å². The van der Waals surface area contributed by atoms with Crippen molar-refractivity contribution in [2.45, 2.75) is 6.18 Å². The van der Waals surface area contributed by atoms with Crippen molar-refractivity contribution in [3.63, 3.8) is 0 Å². The van der Waals surface area contributed by atoms with Crippen LogP contribution in [-0.2, 0) is 6.18 Å². The summed E-state index contributed by atoms with van der Waals surface area (Å²) in [7, 11) is 0. The van der Waals surface area contributed by atoms with Gasteiger partial charge in [0.25, 0.3) is 0 Å². The maximum absolute atomic E-state index is 13.1. The van der Waals surface area contributed by atoms with Gasteiger partial charge in [-0.2, -0.15) is 18.3 Å². The van der Waals surface area contributed by atoms with Crippen LogP contribution in [0.5, 0.6) is 0 Å². The van der Waals surface area contributed by atoms with E-state index < -0.39 is 23.5 Å². The van der Waals surface area contributed by atoms with Gasteiger partial charge in [0.15, 0.2) is 0 Å². The van der Waals surface area contributed by atoms with E-state index in [4.69, 9.17) is 11.1 Å². The molecule has 4 nitrogen and oxygen atoms in total. The van der Waals surface area contributed by atoms with E-state index in [9.17, 15) is 17.6 Å². The van der Waals surface area contributed by atoms with Crippen molar-refractivity contribution in [1.29, 1.82) is 5.41 Å². The van der Waals surface area contributed by atoms with Gasteiger partial charge < -0.3 is 5.73 Å². The maximum Gasteiger partial charge on any atom is 0.419 e. The molecule has 0 aromatic heterocycles. The van der Waals surface area contributed by atoms with Crippen molar-refractivity contribution in [3.8, 4) is 0 Å². The molecule has 0 unspecified atom stereocenters. The highest BCUT2D eigenvalue weighted by molar-refractivity contribution is 5.82. The zero-order chi connectivity index (χ0) is 13.1. The van der Waals surface area contributed by atoms with Gasteiger partial charge in [0, 0.05) is 0 Å². The molecule has 92 valence electrons. The first-order valence-corrected chi connectivity index (χ1v) is 4.30. The summed E-state index contributed by atoms with van der Waals surface area (Å²) in [6.07, 6.45) is -3.68. The number of alkyl halides is 3. The molecular formula is C9H8F4N4. The SMILES string of the molecule is N=C(N)NN=Cc1ccc(C(F)(F)F)c(F)c1. The van der Waals surface area contributed by atoms with Crippen LogP contribution in [0.25, 0.3) is 0 Å². The Morgan fingerprint density at radius 1 is 1.41 bits per heavy atom. The summed E-state index contributed by atoms with van der Waals surface area (Å²) in [6, 6.07) is 2.36. The van der Waals surface area contributed by atoms with Crippen LogP contribution < -0.4 is 11.2 Å². The van der Waals surface area contributed by atoms with Gasteiger partial charge in [-0.1, -0.05) is 6.07 Å². The van der Waals surface area contributed by atoms with E-state index in [0.29, 0.717) is 12.1 Å². The molecule has 0 aliphatic rings. The highest BCUT2D eigenvalue weighted by Gasteiger charge is 2.33. The number of halogens is 4. The number of benzene rings is 1. The number of hydrogen-bond donors (Lipinski definition) is 3. The molecule has 1 aromatic rings. The average Bonchev–Trinajstić information content (AvgIpc) is 2.14. The van der Waals surface area contributed by atoms with E-state index in [1.807, 2.05) is 5.43 Å². The molecule has 0 radical (unpaired) electrons. The Morgan fingerprint density at radius 2 is 2.06 bits per heavy atom. The van der Waals surface area contributed by atoms with Crippen molar-refractivity contribution in [2.24, 2.45) is 10.8 Å². The third kappa shape index (κ3) is 3.74. The lowest BCUT2D eigenvalue weighted by molar-refractivity contribution is -0.140. The lowest BCUT2D eigenvalue weighted by atomic mass is 10.1. The third-order valence-electron chi connectivity index (χ3n) is 1.70. The van der Waals surface area contributed by atoms with Crippen LogP contribution in [0, 0.1) is 11.2 Å². The van der Waals surface area contributed by atoms with E-state index in [2.05, 4.69) is 5.10 Å². The van der Waals surface area contributed by atoms with Crippen molar-refractivity contribution in [2.75, 3.05) is 0 Å². The van der Waals surface area contributed by atoms with Gasteiger partial charge in [0.05, 0.1) is 11.8 Å². The molecule has 17 heavy (non-hydrogen) atoms. The van der Waals surface area contributed by atoms with Crippen LogP contribution in [0.4, 0.5) is 17.6 Å². The molecule has 1 aromatic carbocycles. The fraction of sp³-hybridized carbons (Fsp3) is 0.111. The molecule has 0 spiro atoms. The zero-order valence-corrected chi connectivity index (χ0v) is 8.35. The molecule has 0 heterocycles. The van der Waals surface area contributed by atoms with Crippen molar-refractivity contribution >= 4 is 12.2 Å². The third-order valence-corrected chi connectivity index (χ3v) is 1.70. The summed E-state index contributed by atoms with van der Waals surface area (Å²) >= 11 is 0. The van der Waals surface area contributed by atoms with Crippen LogP contribution in [0.3, 0.4) is 0 Å². The highest BCUT2D eigenvalue weighted by atomic mass is 19.4. The molecule has 0 amide bonds. The lowest BCUT2D eigenvalue weighted by Gasteiger charge is -2.07. The first-order valence-electron chi connectivity index (χ1n) is 4.30. The number of hydrazone groups is 1. The van der Waals surface area contributed by atoms with Gasteiger partial charge in [-0.3, -0.25) is 5.41 Å². The molecule has 0 saturated heterocycles. The first-order chi connectivity index (χ1) is 7.80. The van der Waals surface area contributed by atoms with Crippen molar-refractivity contribution in [3.05, 3.63) is 35.1 Å². The fourth-order valence-electron chi connectivity index (χ4n) is 1.02. The summed E-state index contributed by atoms with van der Waals surface area (Å²) in [6.45, 7) is 0. The number of nitrogens with one attached hydrogen (secondary N) is 2. The second kappa shape index (κ2) is 4.81. The molecule has 0 saturated carbocycles. The van der Waals surface area contributed by atoms with Crippen molar-refractivity contribution in [1.82, 2.24) is 5.43 Å². The normalized spacial score (nSPS) is 11.8. The van der Waals surface area contributed by atoms with Gasteiger partial charge in [0.2, 0.25) is 5.96 Å². The minimum Gasteiger partial charge on any atom is -0.369 e. The van der Waals surface area contributed by atoms with Gasteiger partial charge in [0.1, 0.15) is 5.82 Å². The minimum atomic E-state index is -4.72. The Balaban J connectivity index is 2.90. The molecule has 8 heteroatoms. The molecule has 0 bridgehead atoms. The van der Waals surface area contributed by atoms with Crippen LogP contribution >= 0.6 is 0 Å². The Morgan fingerprint density at radius 3 is 2.53 bits per heavy atom. The topological polar surface area (TPSA) is 74.3 Å². The summed E-state index contributed by atoms with van der Waals surface area (Å²) in [5, 5.41) is 10.2. The number of nitrogens with zero attached hydrogens (tertiary/aromatic N) is 1. The number of rotatable bonds is 2. The zero-order valence-electron chi connectivity index (χ0n) is 8.35. The Hall–Kier alpha value is -2.12. The quantitative estimate of drug-likeness (QED) is 0.322. The summed E-state index contributed by atoms with van der Waals surface area (Å²) in [5.41, 5.74) is 5.72. The summed E-state index contributed by atoms with van der Waals surface area (Å²) in [4.78, 5) is 0. The highest BCUT2D eigenvalue weighted by Crippen LogP contribution is 2.31. The van der Waals surface area contributed by atoms with Gasteiger partial charge in [-0.15, -0.1) is 0 Å². The predicted molar refractivity (Wildman–Crippen MR) is 54.0 cm³/mol. The van der Waals surface area contributed by atoms with E-state index in [1.165, 1.54) is 0 Å². The summed E-state index contributed by atoms with van der Waals surface area (Å²) in [5.74, 6) is -1.82. The van der Waals surface area contributed by atoms with E-state index in [-0.39, 0.29) is 5.56 Å². The van der Waals surface area contributed by atoms with E-state index in [0.717, 1.165) is 12.3 Å².